The predicted molar refractivity (Wildman–Crippen MR) is 22.3 cm³/mol. The van der Waals surface area contributed by atoms with Crippen LogP contribution in [0.3, 0.4) is 0 Å². The molecular formula is C3H4ClNO. The van der Waals surface area contributed by atoms with Crippen molar-refractivity contribution in [3.8, 4) is 6.07 Å². The van der Waals surface area contributed by atoms with Gasteiger partial charge in [-0.15, -0.1) is 11.6 Å². The highest BCUT2D eigenvalue weighted by Crippen LogP contribution is 1.87. The van der Waals surface area contributed by atoms with Crippen molar-refractivity contribution in [2.75, 3.05) is 6.61 Å². The summed E-state index contributed by atoms with van der Waals surface area (Å²) in [4.78, 5) is 0. The van der Waals surface area contributed by atoms with Crippen molar-refractivity contribution >= 4 is 11.6 Å². The maximum atomic E-state index is 7.98. The van der Waals surface area contributed by atoms with Crippen LogP contribution in [0.1, 0.15) is 0 Å². The van der Waals surface area contributed by atoms with E-state index in [-0.39, 0.29) is 6.61 Å². The van der Waals surface area contributed by atoms with Gasteiger partial charge in [0.25, 0.3) is 0 Å². The Labute approximate surface area is 41.0 Å². The lowest BCUT2D eigenvalue weighted by molar-refractivity contribution is 0.307. The van der Waals surface area contributed by atoms with Gasteiger partial charge < -0.3 is 5.11 Å². The third kappa shape index (κ3) is 2.01. The fraction of sp³-hybridized carbons (Fsp3) is 0.667. The average molecular weight is 106 g/mol. The van der Waals surface area contributed by atoms with E-state index < -0.39 is 5.38 Å². The molecule has 6 heavy (non-hydrogen) atoms. The van der Waals surface area contributed by atoms with Crippen molar-refractivity contribution in [3.63, 3.8) is 0 Å². The van der Waals surface area contributed by atoms with Gasteiger partial charge in [-0.1, -0.05) is 0 Å². The van der Waals surface area contributed by atoms with Gasteiger partial charge in [-0.25, -0.2) is 0 Å². The molecule has 0 amide bonds. The summed E-state index contributed by atoms with van der Waals surface area (Å²) in [5.41, 5.74) is 0. The van der Waals surface area contributed by atoms with Crippen molar-refractivity contribution < 1.29 is 5.11 Å². The molecule has 0 fully saturated rings. The predicted octanol–water partition coefficient (Wildman–Crippen LogP) is 0.110. The minimum absolute atomic E-state index is 0.266. The van der Waals surface area contributed by atoms with Gasteiger partial charge in [0.15, 0.2) is 0 Å². The largest absolute Gasteiger partial charge is 0.394 e. The van der Waals surface area contributed by atoms with E-state index in [2.05, 4.69) is 0 Å². The second-order valence-electron chi connectivity index (χ2n) is 0.779. The summed E-state index contributed by atoms with van der Waals surface area (Å²) < 4.78 is 0. The van der Waals surface area contributed by atoms with Gasteiger partial charge in [-0.3, -0.25) is 0 Å². The Morgan fingerprint density at radius 3 is 2.50 bits per heavy atom. The maximum absolute atomic E-state index is 7.98. The van der Waals surface area contributed by atoms with Gasteiger partial charge in [0.2, 0.25) is 0 Å². The molecule has 0 aromatic heterocycles. The maximum Gasteiger partial charge on any atom is 0.143 e. The molecular weight excluding hydrogens is 101 g/mol. The zero-order valence-electron chi connectivity index (χ0n) is 3.06. The van der Waals surface area contributed by atoms with E-state index in [9.17, 15) is 0 Å². The quantitative estimate of drug-likeness (QED) is 0.481. The van der Waals surface area contributed by atoms with Gasteiger partial charge in [0.1, 0.15) is 5.38 Å². The summed E-state index contributed by atoms with van der Waals surface area (Å²) in [5, 5.41) is 15.0. The van der Waals surface area contributed by atoms with Crippen LogP contribution in [0.25, 0.3) is 0 Å². The van der Waals surface area contributed by atoms with E-state index >= 15 is 0 Å². The molecule has 1 N–H and O–H groups in total. The molecule has 0 aliphatic carbocycles. The van der Waals surface area contributed by atoms with Crippen molar-refractivity contribution in [1.82, 2.24) is 0 Å². The van der Waals surface area contributed by atoms with Crippen LogP contribution in [0.4, 0.5) is 0 Å². The summed E-state index contributed by atoms with van der Waals surface area (Å²) in [5.74, 6) is 0. The number of halogens is 1. The van der Waals surface area contributed by atoms with Crippen LogP contribution in [0, 0.1) is 11.3 Å². The number of hydrogen-bond acceptors (Lipinski definition) is 2. The Morgan fingerprint density at radius 2 is 2.50 bits per heavy atom. The molecule has 0 radical (unpaired) electrons. The Hall–Kier alpha value is -0.260. The zero-order chi connectivity index (χ0) is 4.99. The lowest BCUT2D eigenvalue weighted by Crippen LogP contribution is -1.98. The van der Waals surface area contributed by atoms with E-state index in [1.54, 1.807) is 6.07 Å². The highest BCUT2D eigenvalue weighted by Gasteiger charge is 1.93. The molecule has 3 heteroatoms. The smallest absolute Gasteiger partial charge is 0.143 e. The Balaban J connectivity index is 3.04. The van der Waals surface area contributed by atoms with Crippen molar-refractivity contribution in [3.05, 3.63) is 0 Å². The Bertz CT molecular complexity index is 67.7. The van der Waals surface area contributed by atoms with Crippen molar-refractivity contribution in [1.29, 1.82) is 5.26 Å². The Kier molecular flexibility index (Phi) is 2.82. The van der Waals surface area contributed by atoms with Crippen LogP contribution in [0.2, 0.25) is 0 Å². The van der Waals surface area contributed by atoms with Crippen LogP contribution in [0.5, 0.6) is 0 Å². The molecule has 0 aromatic rings. The number of hydrogen-bond donors (Lipinski definition) is 1. The zero-order valence-corrected chi connectivity index (χ0v) is 3.81. The van der Waals surface area contributed by atoms with E-state index in [0.717, 1.165) is 0 Å². The van der Waals surface area contributed by atoms with Crippen LogP contribution in [-0.4, -0.2) is 17.1 Å². The van der Waals surface area contributed by atoms with Crippen LogP contribution >= 0.6 is 11.6 Å². The fourth-order valence-electron chi connectivity index (χ4n) is 0.0408. The van der Waals surface area contributed by atoms with Gasteiger partial charge in [-0.2, -0.15) is 5.26 Å². The minimum Gasteiger partial charge on any atom is -0.394 e. The molecule has 34 valence electrons. The highest BCUT2D eigenvalue weighted by molar-refractivity contribution is 6.22. The molecule has 0 aliphatic rings. The first-order valence-electron chi connectivity index (χ1n) is 1.45. The van der Waals surface area contributed by atoms with Crippen molar-refractivity contribution in [2.45, 2.75) is 5.38 Å². The summed E-state index contributed by atoms with van der Waals surface area (Å²) in [6.45, 7) is -0.266. The molecule has 0 rings (SSSR count). The SMILES string of the molecule is N#C[C@H](Cl)CO. The average Bonchev–Trinajstić information content (AvgIpc) is 1.65. The first-order chi connectivity index (χ1) is 2.81. The van der Waals surface area contributed by atoms with E-state index in [1.165, 1.54) is 0 Å². The highest BCUT2D eigenvalue weighted by atomic mass is 35.5. The molecule has 1 atom stereocenters. The second kappa shape index (κ2) is 2.95. The normalized spacial score (nSPS) is 12.8. The lowest BCUT2D eigenvalue weighted by atomic mass is 10.5. The topological polar surface area (TPSA) is 44.0 Å². The van der Waals surface area contributed by atoms with E-state index in [0.29, 0.717) is 0 Å². The van der Waals surface area contributed by atoms with Gasteiger partial charge >= 0.3 is 0 Å². The number of nitrogens with zero attached hydrogens (tertiary/aromatic N) is 1. The van der Waals surface area contributed by atoms with Gasteiger partial charge in [0.05, 0.1) is 12.7 Å². The molecule has 0 spiro atoms. The number of rotatable bonds is 1. The first-order valence-corrected chi connectivity index (χ1v) is 1.89. The monoisotopic (exact) mass is 105 g/mol. The minimum atomic E-state index is -0.731. The van der Waals surface area contributed by atoms with E-state index in [1.807, 2.05) is 0 Å². The van der Waals surface area contributed by atoms with Crippen molar-refractivity contribution in [2.24, 2.45) is 0 Å². The van der Waals surface area contributed by atoms with Crippen LogP contribution in [-0.2, 0) is 0 Å². The number of nitriles is 1. The molecule has 0 unspecified atom stereocenters. The summed E-state index contributed by atoms with van der Waals surface area (Å²) in [6.07, 6.45) is 0. The number of aliphatic hydroxyl groups excluding tert-OH is 1. The van der Waals surface area contributed by atoms with Gasteiger partial charge in [0, 0.05) is 0 Å². The third-order valence-electron chi connectivity index (χ3n) is 0.300. The third-order valence-corrected chi connectivity index (χ3v) is 0.536. The molecule has 0 bridgehead atoms. The second-order valence-corrected chi connectivity index (χ2v) is 1.31. The molecule has 0 aromatic carbocycles. The Morgan fingerprint density at radius 1 is 2.00 bits per heavy atom. The van der Waals surface area contributed by atoms with Crippen LogP contribution in [0.15, 0.2) is 0 Å². The first kappa shape index (κ1) is 5.74. The molecule has 0 aliphatic heterocycles. The molecule has 0 heterocycles. The molecule has 0 saturated heterocycles. The number of alkyl halides is 1. The summed E-state index contributed by atoms with van der Waals surface area (Å²) >= 11 is 5.04. The van der Waals surface area contributed by atoms with E-state index in [4.69, 9.17) is 22.0 Å². The fourth-order valence-corrected chi connectivity index (χ4v) is 0.0408. The van der Waals surface area contributed by atoms with Crippen LogP contribution < -0.4 is 0 Å². The van der Waals surface area contributed by atoms with Gasteiger partial charge in [-0.05, 0) is 0 Å². The number of aliphatic hydroxyl groups is 1. The summed E-state index contributed by atoms with van der Waals surface area (Å²) in [7, 11) is 0. The molecule has 0 saturated carbocycles. The lowest BCUT2D eigenvalue weighted by Gasteiger charge is -1.84. The molecule has 2 nitrogen and oxygen atoms in total. The summed E-state index contributed by atoms with van der Waals surface area (Å²) in [6, 6.07) is 1.63. The standard InChI is InChI=1S/C3H4ClNO/c4-3(1-5)2-6/h3,6H,2H2/t3-/m0/s1.